The number of hydrogen-bond donors (Lipinski definition) is 1. The zero-order valence-corrected chi connectivity index (χ0v) is 13.0. The Hall–Kier alpha value is -0.720. The molecule has 0 aromatic heterocycles. The largest absolute Gasteiger partial charge is 0.399 e. The van der Waals surface area contributed by atoms with Crippen molar-refractivity contribution in [2.45, 2.75) is 25.2 Å². The highest BCUT2D eigenvalue weighted by atomic mass is 32.2. The second kappa shape index (κ2) is 5.73. The monoisotopic (exact) mass is 300 g/mol. The van der Waals surface area contributed by atoms with E-state index in [1.165, 1.54) is 0 Å². The molecule has 1 fully saturated rings. The molecule has 0 radical (unpaired) electrons. The predicted molar refractivity (Wildman–Crippen MR) is 81.0 cm³/mol. The summed E-state index contributed by atoms with van der Waals surface area (Å²) in [5.41, 5.74) is 8.02. The highest BCUT2D eigenvalue weighted by Crippen LogP contribution is 2.26. The topological polar surface area (TPSA) is 63.4 Å². The minimum absolute atomic E-state index is 0.358. The molecule has 19 heavy (non-hydrogen) atoms. The third-order valence-corrected chi connectivity index (χ3v) is 6.51. The lowest BCUT2D eigenvalue weighted by Crippen LogP contribution is -2.33. The number of hydrogen-bond acceptors (Lipinski definition) is 4. The lowest BCUT2D eigenvalue weighted by molar-refractivity contribution is 0.434. The molecule has 1 aliphatic heterocycles. The molecule has 4 nitrogen and oxygen atoms in total. The second-order valence-electron chi connectivity index (χ2n) is 4.83. The van der Waals surface area contributed by atoms with Crippen LogP contribution in [0.4, 0.5) is 5.69 Å². The molecule has 0 spiro atoms. The Morgan fingerprint density at radius 3 is 2.68 bits per heavy atom. The number of thioether (sulfide) groups is 1. The van der Waals surface area contributed by atoms with Gasteiger partial charge in [0, 0.05) is 24.5 Å². The molecule has 0 unspecified atom stereocenters. The van der Waals surface area contributed by atoms with Crippen LogP contribution in [0.3, 0.4) is 0 Å². The number of rotatable bonds is 2. The van der Waals surface area contributed by atoms with Crippen molar-refractivity contribution in [1.82, 2.24) is 4.31 Å². The SMILES string of the molecule is Cc1cc(N)cc(S(=O)(=O)N2CCCSCC2)c1C. The van der Waals surface area contributed by atoms with Crippen molar-refractivity contribution in [2.24, 2.45) is 0 Å². The highest BCUT2D eigenvalue weighted by molar-refractivity contribution is 7.99. The molecule has 0 amide bonds. The molecule has 1 aromatic rings. The molecule has 1 aromatic carbocycles. The first-order chi connectivity index (χ1) is 8.93. The van der Waals surface area contributed by atoms with Crippen molar-refractivity contribution < 1.29 is 8.42 Å². The Balaban J connectivity index is 2.44. The van der Waals surface area contributed by atoms with Crippen LogP contribution < -0.4 is 5.73 Å². The number of nitrogen functional groups attached to an aromatic ring is 1. The maximum Gasteiger partial charge on any atom is 0.243 e. The molecule has 0 atom stereocenters. The van der Waals surface area contributed by atoms with E-state index in [0.29, 0.717) is 23.7 Å². The molecule has 0 bridgehead atoms. The molecule has 2 N–H and O–H groups in total. The van der Waals surface area contributed by atoms with E-state index in [9.17, 15) is 8.42 Å². The number of anilines is 1. The normalized spacial score (nSPS) is 18.2. The highest BCUT2D eigenvalue weighted by Gasteiger charge is 2.27. The summed E-state index contributed by atoms with van der Waals surface area (Å²) in [5.74, 6) is 1.89. The van der Waals surface area contributed by atoms with E-state index in [4.69, 9.17) is 5.73 Å². The Bertz CT molecular complexity index is 562. The smallest absolute Gasteiger partial charge is 0.243 e. The van der Waals surface area contributed by atoms with Gasteiger partial charge in [-0.2, -0.15) is 16.1 Å². The van der Waals surface area contributed by atoms with Gasteiger partial charge in [-0.3, -0.25) is 0 Å². The first-order valence-electron chi connectivity index (χ1n) is 6.37. The van der Waals surface area contributed by atoms with Crippen LogP contribution in [0.15, 0.2) is 17.0 Å². The van der Waals surface area contributed by atoms with Crippen LogP contribution in [-0.2, 0) is 10.0 Å². The van der Waals surface area contributed by atoms with Gasteiger partial charge in [0.25, 0.3) is 0 Å². The fourth-order valence-electron chi connectivity index (χ4n) is 2.22. The number of nitrogens with two attached hydrogens (primary N) is 1. The maximum absolute atomic E-state index is 12.7. The number of nitrogens with zero attached hydrogens (tertiary/aromatic N) is 1. The lowest BCUT2D eigenvalue weighted by atomic mass is 10.1. The zero-order valence-electron chi connectivity index (χ0n) is 11.3. The van der Waals surface area contributed by atoms with Crippen molar-refractivity contribution in [3.8, 4) is 0 Å². The summed E-state index contributed by atoms with van der Waals surface area (Å²) in [7, 11) is -3.42. The molecular weight excluding hydrogens is 280 g/mol. The average molecular weight is 300 g/mol. The van der Waals surface area contributed by atoms with Gasteiger partial charge in [0.2, 0.25) is 10.0 Å². The predicted octanol–water partition coefficient (Wildman–Crippen LogP) is 2.01. The van der Waals surface area contributed by atoms with Crippen LogP contribution in [0.5, 0.6) is 0 Å². The van der Waals surface area contributed by atoms with E-state index in [-0.39, 0.29) is 0 Å². The fraction of sp³-hybridized carbons (Fsp3) is 0.538. The van der Waals surface area contributed by atoms with E-state index in [0.717, 1.165) is 29.1 Å². The van der Waals surface area contributed by atoms with E-state index < -0.39 is 10.0 Å². The minimum atomic E-state index is -3.42. The van der Waals surface area contributed by atoms with Gasteiger partial charge < -0.3 is 5.73 Å². The van der Waals surface area contributed by atoms with E-state index in [1.54, 1.807) is 10.4 Å². The average Bonchev–Trinajstić information content (AvgIpc) is 2.62. The van der Waals surface area contributed by atoms with Gasteiger partial charge in [0.1, 0.15) is 0 Å². The maximum atomic E-state index is 12.7. The van der Waals surface area contributed by atoms with Crippen molar-refractivity contribution >= 4 is 27.5 Å². The Morgan fingerprint density at radius 1 is 1.21 bits per heavy atom. The van der Waals surface area contributed by atoms with Crippen molar-refractivity contribution in [2.75, 3.05) is 30.3 Å². The van der Waals surface area contributed by atoms with Gasteiger partial charge in [-0.05, 0) is 49.3 Å². The van der Waals surface area contributed by atoms with Crippen LogP contribution >= 0.6 is 11.8 Å². The molecule has 1 aliphatic rings. The van der Waals surface area contributed by atoms with Crippen LogP contribution in [0, 0.1) is 13.8 Å². The Kier molecular flexibility index (Phi) is 4.43. The van der Waals surface area contributed by atoms with Gasteiger partial charge >= 0.3 is 0 Å². The standard InChI is InChI=1S/C13H20N2O2S2/c1-10-8-12(14)9-13(11(10)2)19(16,17)15-4-3-6-18-7-5-15/h8-9H,3-7,14H2,1-2H3. The molecule has 0 saturated carbocycles. The van der Waals surface area contributed by atoms with Gasteiger partial charge in [-0.15, -0.1) is 0 Å². The third kappa shape index (κ3) is 3.07. The van der Waals surface area contributed by atoms with Crippen LogP contribution in [-0.4, -0.2) is 37.3 Å². The number of benzene rings is 1. The van der Waals surface area contributed by atoms with E-state index in [2.05, 4.69) is 0 Å². The third-order valence-electron chi connectivity index (χ3n) is 3.44. The zero-order chi connectivity index (χ0) is 14.0. The van der Waals surface area contributed by atoms with Gasteiger partial charge in [0.05, 0.1) is 4.90 Å². The van der Waals surface area contributed by atoms with Crippen molar-refractivity contribution in [3.63, 3.8) is 0 Å². The minimum Gasteiger partial charge on any atom is -0.399 e. The van der Waals surface area contributed by atoms with Crippen LogP contribution in [0.25, 0.3) is 0 Å². The van der Waals surface area contributed by atoms with E-state index >= 15 is 0 Å². The summed E-state index contributed by atoms with van der Waals surface area (Å²) in [6, 6.07) is 3.39. The number of sulfonamides is 1. The lowest BCUT2D eigenvalue weighted by Gasteiger charge is -2.21. The second-order valence-corrected chi connectivity index (χ2v) is 7.96. The van der Waals surface area contributed by atoms with Crippen molar-refractivity contribution in [3.05, 3.63) is 23.3 Å². The number of aryl methyl sites for hydroxylation is 1. The first kappa shape index (κ1) is 14.7. The quantitative estimate of drug-likeness (QED) is 0.849. The molecular formula is C13H20N2O2S2. The molecule has 1 heterocycles. The molecule has 1 saturated heterocycles. The first-order valence-corrected chi connectivity index (χ1v) is 8.97. The van der Waals surface area contributed by atoms with E-state index in [1.807, 2.05) is 31.7 Å². The summed E-state index contributed by atoms with van der Waals surface area (Å²) in [5, 5.41) is 0. The molecule has 106 valence electrons. The Labute approximate surface area is 119 Å². The van der Waals surface area contributed by atoms with Crippen LogP contribution in [0.1, 0.15) is 17.5 Å². The summed E-state index contributed by atoms with van der Waals surface area (Å²) in [4.78, 5) is 0.358. The van der Waals surface area contributed by atoms with Gasteiger partial charge in [-0.25, -0.2) is 8.42 Å². The molecule has 2 rings (SSSR count). The van der Waals surface area contributed by atoms with Gasteiger partial charge in [0.15, 0.2) is 0 Å². The summed E-state index contributed by atoms with van der Waals surface area (Å²) in [6.45, 7) is 4.92. The summed E-state index contributed by atoms with van der Waals surface area (Å²) < 4.78 is 27.0. The van der Waals surface area contributed by atoms with Crippen molar-refractivity contribution in [1.29, 1.82) is 0 Å². The molecule has 6 heteroatoms. The molecule has 0 aliphatic carbocycles. The Morgan fingerprint density at radius 2 is 1.95 bits per heavy atom. The summed E-state index contributed by atoms with van der Waals surface area (Å²) >= 11 is 1.81. The van der Waals surface area contributed by atoms with Gasteiger partial charge in [-0.1, -0.05) is 0 Å². The van der Waals surface area contributed by atoms with Crippen LogP contribution in [0.2, 0.25) is 0 Å². The summed E-state index contributed by atoms with van der Waals surface area (Å²) in [6.07, 6.45) is 0.907. The fourth-order valence-corrected chi connectivity index (χ4v) is 5.04.